The van der Waals surface area contributed by atoms with Crippen LogP contribution in [0.3, 0.4) is 0 Å². The van der Waals surface area contributed by atoms with Gasteiger partial charge in [-0.1, -0.05) is 0 Å². The van der Waals surface area contributed by atoms with Crippen LogP contribution in [0.5, 0.6) is 0 Å². The SMILES string of the molecule is O=C(CN1CCC(Nc2cc(C(F)(F)F)ncn2)CC1)N1CCOCC1. The summed E-state index contributed by atoms with van der Waals surface area (Å²) in [6.07, 6.45) is -2.09. The van der Waals surface area contributed by atoms with Crippen molar-refractivity contribution in [2.45, 2.75) is 25.1 Å². The Hall–Kier alpha value is -1.94. The first-order valence-corrected chi connectivity index (χ1v) is 8.65. The lowest BCUT2D eigenvalue weighted by Crippen LogP contribution is -2.48. The molecular formula is C16H22F3N5O2. The number of ether oxygens (including phenoxy) is 1. The standard InChI is InChI=1S/C16H22F3N5O2/c17-16(18,19)13-9-14(21-11-20-13)22-12-1-3-23(4-2-12)10-15(25)24-5-7-26-8-6-24/h9,11-12H,1-8,10H2,(H,20,21,22). The zero-order valence-electron chi connectivity index (χ0n) is 14.3. The third-order valence-corrected chi connectivity index (χ3v) is 4.62. The largest absolute Gasteiger partial charge is 0.433 e. The topological polar surface area (TPSA) is 70.6 Å². The first-order valence-electron chi connectivity index (χ1n) is 8.65. The summed E-state index contributed by atoms with van der Waals surface area (Å²) in [5.74, 6) is 0.278. The van der Waals surface area contributed by atoms with Crippen molar-refractivity contribution in [2.75, 3.05) is 51.3 Å². The van der Waals surface area contributed by atoms with Crippen LogP contribution in [0.1, 0.15) is 18.5 Å². The predicted octanol–water partition coefficient (Wildman–Crippen LogP) is 1.23. The summed E-state index contributed by atoms with van der Waals surface area (Å²) in [5, 5.41) is 3.04. The molecule has 2 fully saturated rings. The van der Waals surface area contributed by atoms with E-state index in [9.17, 15) is 18.0 Å². The van der Waals surface area contributed by atoms with E-state index >= 15 is 0 Å². The Balaban J connectivity index is 1.46. The highest BCUT2D eigenvalue weighted by atomic mass is 19.4. The number of morpholine rings is 1. The quantitative estimate of drug-likeness (QED) is 0.856. The van der Waals surface area contributed by atoms with Crippen molar-refractivity contribution < 1.29 is 22.7 Å². The number of piperidine rings is 1. The fourth-order valence-electron chi connectivity index (χ4n) is 3.14. The van der Waals surface area contributed by atoms with Crippen LogP contribution < -0.4 is 5.32 Å². The van der Waals surface area contributed by atoms with Crippen molar-refractivity contribution in [3.8, 4) is 0 Å². The summed E-state index contributed by atoms with van der Waals surface area (Å²) in [4.78, 5) is 23.3. The number of amides is 1. The molecule has 0 spiro atoms. The maximum absolute atomic E-state index is 12.7. The summed E-state index contributed by atoms with van der Waals surface area (Å²) in [5.41, 5.74) is -0.955. The molecule has 1 N–H and O–H groups in total. The van der Waals surface area contributed by atoms with Crippen LogP contribution in [0.4, 0.5) is 19.0 Å². The van der Waals surface area contributed by atoms with E-state index in [0.29, 0.717) is 45.9 Å². The molecule has 0 unspecified atom stereocenters. The number of aromatic nitrogens is 2. The molecule has 26 heavy (non-hydrogen) atoms. The lowest BCUT2D eigenvalue weighted by molar-refractivity contribution is -0.141. The fraction of sp³-hybridized carbons (Fsp3) is 0.688. The van der Waals surface area contributed by atoms with Gasteiger partial charge in [0.1, 0.15) is 17.8 Å². The predicted molar refractivity (Wildman–Crippen MR) is 87.5 cm³/mol. The van der Waals surface area contributed by atoms with Crippen molar-refractivity contribution in [3.05, 3.63) is 18.1 Å². The van der Waals surface area contributed by atoms with Gasteiger partial charge in [0.2, 0.25) is 5.91 Å². The Morgan fingerprint density at radius 2 is 1.88 bits per heavy atom. The molecule has 1 aromatic heterocycles. The average molecular weight is 373 g/mol. The first-order chi connectivity index (χ1) is 12.4. The highest BCUT2D eigenvalue weighted by Crippen LogP contribution is 2.28. The Kier molecular flexibility index (Phi) is 5.92. The Morgan fingerprint density at radius 3 is 2.54 bits per heavy atom. The van der Waals surface area contributed by atoms with Crippen molar-refractivity contribution in [1.29, 1.82) is 0 Å². The minimum atomic E-state index is -4.48. The molecule has 3 heterocycles. The second kappa shape index (κ2) is 8.17. The van der Waals surface area contributed by atoms with Gasteiger partial charge in [0, 0.05) is 38.3 Å². The number of carbonyl (C=O) groups is 1. The molecule has 0 bridgehead atoms. The number of alkyl halides is 3. The van der Waals surface area contributed by atoms with E-state index < -0.39 is 11.9 Å². The number of likely N-dealkylation sites (tertiary alicyclic amines) is 1. The van der Waals surface area contributed by atoms with Gasteiger partial charge in [-0.3, -0.25) is 9.69 Å². The maximum atomic E-state index is 12.7. The van der Waals surface area contributed by atoms with Gasteiger partial charge in [0.15, 0.2) is 0 Å². The van der Waals surface area contributed by atoms with E-state index in [4.69, 9.17) is 4.74 Å². The molecule has 1 aromatic rings. The van der Waals surface area contributed by atoms with E-state index in [2.05, 4.69) is 20.2 Å². The number of nitrogens with one attached hydrogen (secondary N) is 1. The molecule has 2 aliphatic heterocycles. The van der Waals surface area contributed by atoms with Crippen LogP contribution in [0.25, 0.3) is 0 Å². The van der Waals surface area contributed by atoms with E-state index in [1.54, 1.807) is 0 Å². The van der Waals surface area contributed by atoms with Gasteiger partial charge in [-0.25, -0.2) is 9.97 Å². The number of anilines is 1. The van der Waals surface area contributed by atoms with Gasteiger partial charge in [0.25, 0.3) is 0 Å². The molecule has 10 heteroatoms. The van der Waals surface area contributed by atoms with Crippen molar-refractivity contribution >= 4 is 11.7 Å². The van der Waals surface area contributed by atoms with Crippen LogP contribution in [0.2, 0.25) is 0 Å². The Bertz CT molecular complexity index is 614. The zero-order valence-corrected chi connectivity index (χ0v) is 14.3. The highest BCUT2D eigenvalue weighted by Gasteiger charge is 2.33. The smallest absolute Gasteiger partial charge is 0.378 e. The Labute approximate surface area is 149 Å². The van der Waals surface area contributed by atoms with Gasteiger partial charge in [-0.15, -0.1) is 0 Å². The molecule has 2 aliphatic rings. The summed E-state index contributed by atoms with van der Waals surface area (Å²) >= 11 is 0. The van der Waals surface area contributed by atoms with Gasteiger partial charge in [0.05, 0.1) is 19.8 Å². The van der Waals surface area contributed by atoms with Crippen LogP contribution >= 0.6 is 0 Å². The average Bonchev–Trinajstić information content (AvgIpc) is 2.63. The third-order valence-electron chi connectivity index (χ3n) is 4.62. The van der Waals surface area contributed by atoms with Crippen molar-refractivity contribution in [3.63, 3.8) is 0 Å². The number of hydrogen-bond acceptors (Lipinski definition) is 6. The monoisotopic (exact) mass is 373 g/mol. The van der Waals surface area contributed by atoms with Gasteiger partial charge in [-0.2, -0.15) is 13.2 Å². The maximum Gasteiger partial charge on any atom is 0.433 e. The molecule has 0 aromatic carbocycles. The van der Waals surface area contributed by atoms with Crippen molar-refractivity contribution in [1.82, 2.24) is 19.8 Å². The summed E-state index contributed by atoms with van der Waals surface area (Å²) in [6, 6.07) is 0.953. The molecule has 0 saturated carbocycles. The molecule has 2 saturated heterocycles. The number of hydrogen-bond donors (Lipinski definition) is 1. The highest BCUT2D eigenvalue weighted by molar-refractivity contribution is 5.78. The lowest BCUT2D eigenvalue weighted by Gasteiger charge is -2.34. The first kappa shape index (κ1) is 18.8. The van der Waals surface area contributed by atoms with E-state index in [1.807, 2.05) is 4.90 Å². The minimum absolute atomic E-state index is 0.0284. The number of nitrogens with zero attached hydrogens (tertiary/aromatic N) is 4. The lowest BCUT2D eigenvalue weighted by atomic mass is 10.0. The number of halogens is 3. The van der Waals surface area contributed by atoms with Gasteiger partial charge in [-0.05, 0) is 12.8 Å². The van der Waals surface area contributed by atoms with Gasteiger partial charge < -0.3 is 15.0 Å². The van der Waals surface area contributed by atoms with Crippen molar-refractivity contribution in [2.24, 2.45) is 0 Å². The van der Waals surface area contributed by atoms with Crippen LogP contribution in [-0.2, 0) is 15.7 Å². The third kappa shape index (κ3) is 5.04. The summed E-state index contributed by atoms with van der Waals surface area (Å²) in [6.45, 7) is 4.22. The second-order valence-electron chi connectivity index (χ2n) is 6.47. The number of rotatable bonds is 4. The van der Waals surface area contributed by atoms with Crippen LogP contribution in [0, 0.1) is 0 Å². The molecular weight excluding hydrogens is 351 g/mol. The van der Waals surface area contributed by atoms with E-state index in [1.165, 1.54) is 0 Å². The summed E-state index contributed by atoms with van der Waals surface area (Å²) in [7, 11) is 0. The normalized spacial score (nSPS) is 20.2. The molecule has 0 radical (unpaired) electrons. The van der Waals surface area contributed by atoms with E-state index in [-0.39, 0.29) is 17.8 Å². The minimum Gasteiger partial charge on any atom is -0.378 e. The molecule has 144 valence electrons. The molecule has 1 amide bonds. The molecule has 0 atom stereocenters. The van der Waals surface area contributed by atoms with Crippen LogP contribution in [-0.4, -0.2) is 77.7 Å². The van der Waals surface area contributed by atoms with Crippen LogP contribution in [0.15, 0.2) is 12.4 Å². The molecule has 0 aliphatic carbocycles. The fourth-order valence-corrected chi connectivity index (χ4v) is 3.14. The summed E-state index contributed by atoms with van der Waals surface area (Å²) < 4.78 is 43.4. The second-order valence-corrected chi connectivity index (χ2v) is 6.47. The molecule has 3 rings (SSSR count). The number of carbonyl (C=O) groups excluding carboxylic acids is 1. The molecule has 7 nitrogen and oxygen atoms in total. The van der Waals surface area contributed by atoms with Gasteiger partial charge >= 0.3 is 6.18 Å². The zero-order chi connectivity index (χ0) is 18.6. The Morgan fingerprint density at radius 1 is 1.19 bits per heavy atom. The van der Waals surface area contributed by atoms with E-state index in [0.717, 1.165) is 25.2 Å².